The minimum atomic E-state index is -4.02. The van der Waals surface area contributed by atoms with E-state index in [1.807, 2.05) is 4.98 Å². The first-order valence-corrected chi connectivity index (χ1v) is 8.72. The van der Waals surface area contributed by atoms with E-state index < -0.39 is 51.1 Å². The van der Waals surface area contributed by atoms with Crippen molar-refractivity contribution >= 4 is 9.84 Å². The Hall–Kier alpha value is -1.56. The largest absolute Gasteiger partial charge is 0.387 e. The monoisotopic (exact) mass is 352 g/mol. The fraction of sp³-hybridized carbons (Fsp3) is 0.667. The molecule has 1 saturated heterocycles. The molecule has 3 N–H and O–H groups in total. The van der Waals surface area contributed by atoms with E-state index in [0.717, 1.165) is 10.8 Å². The zero-order chi connectivity index (χ0) is 17.5. The van der Waals surface area contributed by atoms with E-state index in [2.05, 4.69) is 0 Å². The molecule has 23 heavy (non-hydrogen) atoms. The molecule has 1 aromatic rings. The lowest BCUT2D eigenvalue weighted by atomic mass is 10.1. The standard InChI is InChI=1S/C12H17FN2O7S/c1-3-5-4-15(12(19)14-9(5)17)10-6(13)7(16)8(22-10)11(18)23(2,20)21/h4,6-8,10-11,16,18H,3H2,1-2H3,(H,14,17,19)/t6-,7+,8+,10-,11?/m1/s1. The molecule has 11 heteroatoms. The summed E-state index contributed by atoms with van der Waals surface area (Å²) in [5.74, 6) is 0. The number of halogens is 1. The third kappa shape index (κ3) is 3.22. The number of rotatable bonds is 4. The van der Waals surface area contributed by atoms with Crippen molar-refractivity contribution in [1.29, 1.82) is 0 Å². The molecule has 0 radical (unpaired) electrons. The lowest BCUT2D eigenvalue weighted by Gasteiger charge is -2.19. The number of hydrogen-bond donors (Lipinski definition) is 3. The molecule has 130 valence electrons. The summed E-state index contributed by atoms with van der Waals surface area (Å²) >= 11 is 0. The number of aromatic amines is 1. The lowest BCUT2D eigenvalue weighted by molar-refractivity contribution is -0.0610. The Bertz CT molecular complexity index is 802. The predicted octanol–water partition coefficient (Wildman–Crippen LogP) is -1.94. The van der Waals surface area contributed by atoms with Gasteiger partial charge in [0.25, 0.3) is 5.56 Å². The molecule has 1 aliphatic rings. The van der Waals surface area contributed by atoms with Gasteiger partial charge in [-0.2, -0.15) is 0 Å². The van der Waals surface area contributed by atoms with Gasteiger partial charge in [0.2, 0.25) is 0 Å². The number of aliphatic hydroxyl groups is 2. The molecule has 1 fully saturated rings. The molecule has 2 rings (SSSR count). The van der Waals surface area contributed by atoms with Gasteiger partial charge >= 0.3 is 5.69 Å². The molecule has 9 nitrogen and oxygen atoms in total. The fourth-order valence-corrected chi connectivity index (χ4v) is 3.05. The Morgan fingerprint density at radius 3 is 2.61 bits per heavy atom. The topological polar surface area (TPSA) is 139 Å². The van der Waals surface area contributed by atoms with Gasteiger partial charge in [-0.3, -0.25) is 14.3 Å². The van der Waals surface area contributed by atoms with Crippen LogP contribution in [0.25, 0.3) is 0 Å². The third-order valence-electron chi connectivity index (χ3n) is 3.65. The van der Waals surface area contributed by atoms with Gasteiger partial charge in [0.05, 0.1) is 0 Å². The van der Waals surface area contributed by atoms with Crippen LogP contribution in [0, 0.1) is 0 Å². The Kier molecular flexibility index (Phi) is 4.76. The molecular weight excluding hydrogens is 335 g/mol. The number of aromatic nitrogens is 2. The van der Waals surface area contributed by atoms with Crippen LogP contribution in [0.4, 0.5) is 4.39 Å². The maximum absolute atomic E-state index is 14.2. The predicted molar refractivity (Wildman–Crippen MR) is 76.4 cm³/mol. The molecule has 0 bridgehead atoms. The summed E-state index contributed by atoms with van der Waals surface area (Å²) < 4.78 is 42.7. The van der Waals surface area contributed by atoms with Crippen LogP contribution in [-0.2, 0) is 21.0 Å². The van der Waals surface area contributed by atoms with Crippen molar-refractivity contribution in [3.05, 3.63) is 32.6 Å². The Labute approximate surface area is 130 Å². The second kappa shape index (κ2) is 6.15. The highest BCUT2D eigenvalue weighted by Gasteiger charge is 2.50. The second-order valence-corrected chi connectivity index (χ2v) is 7.46. The number of hydrogen-bond acceptors (Lipinski definition) is 7. The van der Waals surface area contributed by atoms with Gasteiger partial charge in [-0.1, -0.05) is 6.92 Å². The Morgan fingerprint density at radius 2 is 2.09 bits per heavy atom. The first kappa shape index (κ1) is 17.8. The highest BCUT2D eigenvalue weighted by Crippen LogP contribution is 2.33. The van der Waals surface area contributed by atoms with E-state index in [1.54, 1.807) is 6.92 Å². The Balaban J connectivity index is 2.43. The van der Waals surface area contributed by atoms with Crippen LogP contribution in [0.3, 0.4) is 0 Å². The third-order valence-corrected chi connectivity index (χ3v) is 4.79. The molecule has 1 aromatic heterocycles. The van der Waals surface area contributed by atoms with Crippen molar-refractivity contribution in [3.8, 4) is 0 Å². The summed E-state index contributed by atoms with van der Waals surface area (Å²) in [4.78, 5) is 25.3. The zero-order valence-corrected chi connectivity index (χ0v) is 13.2. The highest BCUT2D eigenvalue weighted by molar-refractivity contribution is 7.91. The number of nitrogens with one attached hydrogen (secondary N) is 1. The molecule has 1 aliphatic heterocycles. The van der Waals surface area contributed by atoms with E-state index in [0.29, 0.717) is 6.26 Å². The molecule has 0 aliphatic carbocycles. The summed E-state index contributed by atoms with van der Waals surface area (Å²) in [5.41, 5.74) is -3.57. The van der Waals surface area contributed by atoms with Gasteiger partial charge in [0.1, 0.15) is 12.2 Å². The van der Waals surface area contributed by atoms with Gasteiger partial charge < -0.3 is 14.9 Å². The first-order valence-electron chi connectivity index (χ1n) is 6.76. The van der Waals surface area contributed by atoms with Gasteiger partial charge in [-0.05, 0) is 6.42 Å². The molecule has 5 atom stereocenters. The Morgan fingerprint density at radius 1 is 1.48 bits per heavy atom. The van der Waals surface area contributed by atoms with E-state index >= 15 is 0 Å². The second-order valence-electron chi connectivity index (χ2n) is 5.32. The molecule has 2 heterocycles. The molecule has 0 aromatic carbocycles. The highest BCUT2D eigenvalue weighted by atomic mass is 32.2. The number of alkyl halides is 1. The summed E-state index contributed by atoms with van der Waals surface area (Å²) in [6.45, 7) is 1.65. The summed E-state index contributed by atoms with van der Waals surface area (Å²) in [5, 5.41) is 19.5. The normalized spacial score (nSPS) is 29.6. The average Bonchev–Trinajstić information content (AvgIpc) is 2.74. The van der Waals surface area contributed by atoms with E-state index in [1.165, 1.54) is 0 Å². The number of aryl methyl sites for hydroxylation is 1. The van der Waals surface area contributed by atoms with Crippen molar-refractivity contribution in [2.24, 2.45) is 0 Å². The SMILES string of the molecule is CCc1cn([C@@H]2O[C@H](C(O)S(C)(=O)=O)[C@@H](O)[C@H]2F)c(=O)[nH]c1=O. The molecule has 0 amide bonds. The van der Waals surface area contributed by atoms with Crippen LogP contribution < -0.4 is 11.2 Å². The minimum absolute atomic E-state index is 0.182. The van der Waals surface area contributed by atoms with E-state index in [-0.39, 0.29) is 12.0 Å². The van der Waals surface area contributed by atoms with E-state index in [4.69, 9.17) is 4.74 Å². The van der Waals surface area contributed by atoms with Crippen molar-refractivity contribution in [2.45, 2.75) is 43.4 Å². The van der Waals surface area contributed by atoms with Gasteiger partial charge in [-0.25, -0.2) is 17.6 Å². The van der Waals surface area contributed by atoms with Crippen LogP contribution in [0.15, 0.2) is 15.8 Å². The summed E-state index contributed by atoms with van der Waals surface area (Å²) in [6, 6.07) is 0. The maximum Gasteiger partial charge on any atom is 0.330 e. The number of sulfone groups is 1. The minimum Gasteiger partial charge on any atom is -0.387 e. The van der Waals surface area contributed by atoms with Crippen molar-refractivity contribution in [1.82, 2.24) is 9.55 Å². The maximum atomic E-state index is 14.2. The van der Waals surface area contributed by atoms with Crippen LogP contribution >= 0.6 is 0 Å². The van der Waals surface area contributed by atoms with Gasteiger partial charge in [-0.15, -0.1) is 0 Å². The average molecular weight is 352 g/mol. The number of H-pyrrole nitrogens is 1. The van der Waals surface area contributed by atoms with Crippen LogP contribution in [0.1, 0.15) is 18.7 Å². The summed E-state index contributed by atoms with van der Waals surface area (Å²) in [6.07, 6.45) is -5.49. The quantitative estimate of drug-likeness (QED) is 0.573. The lowest BCUT2D eigenvalue weighted by Crippen LogP contribution is -2.41. The molecule has 0 saturated carbocycles. The zero-order valence-electron chi connectivity index (χ0n) is 12.3. The molecular formula is C12H17FN2O7S. The fourth-order valence-electron chi connectivity index (χ4n) is 2.33. The van der Waals surface area contributed by atoms with Gasteiger partial charge in [0.15, 0.2) is 27.7 Å². The van der Waals surface area contributed by atoms with Crippen LogP contribution in [0.2, 0.25) is 0 Å². The smallest absolute Gasteiger partial charge is 0.330 e. The molecule has 1 unspecified atom stereocenters. The van der Waals surface area contributed by atoms with Crippen LogP contribution in [-0.4, -0.2) is 58.3 Å². The molecule has 0 spiro atoms. The first-order chi connectivity index (χ1) is 10.6. The van der Waals surface area contributed by atoms with Crippen molar-refractivity contribution in [3.63, 3.8) is 0 Å². The van der Waals surface area contributed by atoms with Crippen LogP contribution in [0.5, 0.6) is 0 Å². The van der Waals surface area contributed by atoms with Gasteiger partial charge in [0, 0.05) is 18.0 Å². The van der Waals surface area contributed by atoms with Crippen molar-refractivity contribution in [2.75, 3.05) is 6.26 Å². The summed E-state index contributed by atoms with van der Waals surface area (Å²) in [7, 11) is -4.02. The number of aliphatic hydroxyl groups excluding tert-OH is 2. The number of nitrogens with zero attached hydrogens (tertiary/aromatic N) is 1. The van der Waals surface area contributed by atoms with E-state index in [9.17, 15) is 32.6 Å². The number of ether oxygens (including phenoxy) is 1. The van der Waals surface area contributed by atoms with Crippen molar-refractivity contribution < 1.29 is 27.8 Å².